The minimum Gasteiger partial charge on any atom is -0.341 e. The number of aryl methyl sites for hydroxylation is 1. The number of nitrogens with zero attached hydrogens (tertiary/aromatic N) is 3. The van der Waals surface area contributed by atoms with Crippen molar-refractivity contribution < 1.29 is 4.79 Å². The number of anilines is 4. The van der Waals surface area contributed by atoms with Gasteiger partial charge in [0.15, 0.2) is 0 Å². The molecule has 6 nitrogen and oxygen atoms in total. The third kappa shape index (κ3) is 4.95. The zero-order valence-corrected chi connectivity index (χ0v) is 18.7. The molecule has 4 aromatic rings. The van der Waals surface area contributed by atoms with Crippen molar-refractivity contribution >= 4 is 39.8 Å². The third-order valence-electron chi connectivity index (χ3n) is 5.90. The fraction of sp³-hybridized carbons (Fsp3) is 0.222. The highest BCUT2D eigenvalue weighted by Gasteiger charge is 2.16. The number of hydrogen-bond acceptors (Lipinski definition) is 5. The molecule has 0 atom stereocenters. The Morgan fingerprint density at radius 3 is 2.45 bits per heavy atom. The van der Waals surface area contributed by atoms with Gasteiger partial charge in [-0.1, -0.05) is 42.5 Å². The molecule has 0 radical (unpaired) electrons. The van der Waals surface area contributed by atoms with Gasteiger partial charge < -0.3 is 15.5 Å². The van der Waals surface area contributed by atoms with Gasteiger partial charge in [0.25, 0.3) is 0 Å². The molecule has 3 aromatic carbocycles. The number of nitrogens with one attached hydrogen (secondary N) is 2. The summed E-state index contributed by atoms with van der Waals surface area (Å²) in [7, 11) is 0. The van der Waals surface area contributed by atoms with E-state index in [0.717, 1.165) is 58.3 Å². The van der Waals surface area contributed by atoms with Gasteiger partial charge in [0.2, 0.25) is 11.9 Å². The number of rotatable bonds is 6. The predicted molar refractivity (Wildman–Crippen MR) is 134 cm³/mol. The molecule has 1 saturated heterocycles. The molecule has 0 unspecified atom stereocenters. The Labute approximate surface area is 193 Å². The maximum Gasteiger partial charge on any atom is 0.228 e. The molecule has 2 N–H and O–H groups in total. The summed E-state index contributed by atoms with van der Waals surface area (Å²) in [6.45, 7) is 4.01. The minimum absolute atomic E-state index is 0.0336. The second kappa shape index (κ2) is 9.28. The zero-order valence-electron chi connectivity index (χ0n) is 18.7. The van der Waals surface area contributed by atoms with Crippen LogP contribution < -0.4 is 15.5 Å². The second-order valence-electron chi connectivity index (χ2n) is 8.45. The fourth-order valence-electron chi connectivity index (χ4n) is 4.29. The number of carbonyl (C=O) groups is 1. The van der Waals surface area contributed by atoms with Gasteiger partial charge in [-0.3, -0.25) is 4.79 Å². The van der Waals surface area contributed by atoms with Crippen LogP contribution in [0.5, 0.6) is 0 Å². The third-order valence-corrected chi connectivity index (χ3v) is 5.90. The number of fused-ring (bicyclic) bond motifs is 1. The quantitative estimate of drug-likeness (QED) is 0.419. The fourth-order valence-corrected chi connectivity index (χ4v) is 4.29. The Morgan fingerprint density at radius 1 is 0.909 bits per heavy atom. The van der Waals surface area contributed by atoms with E-state index in [1.807, 2.05) is 61.5 Å². The van der Waals surface area contributed by atoms with Gasteiger partial charge in [0.05, 0.1) is 6.42 Å². The molecule has 33 heavy (non-hydrogen) atoms. The molecule has 0 aliphatic carbocycles. The number of amides is 1. The van der Waals surface area contributed by atoms with Crippen LogP contribution in [-0.2, 0) is 11.2 Å². The summed E-state index contributed by atoms with van der Waals surface area (Å²) in [6.07, 6.45) is 2.71. The van der Waals surface area contributed by atoms with Gasteiger partial charge in [0.1, 0.15) is 5.82 Å². The first kappa shape index (κ1) is 20.9. The van der Waals surface area contributed by atoms with E-state index in [2.05, 4.69) is 43.7 Å². The summed E-state index contributed by atoms with van der Waals surface area (Å²) in [6, 6.07) is 23.8. The molecule has 1 aliphatic heterocycles. The van der Waals surface area contributed by atoms with Crippen LogP contribution in [0.1, 0.15) is 24.1 Å². The monoisotopic (exact) mass is 437 g/mol. The van der Waals surface area contributed by atoms with E-state index in [1.165, 1.54) is 12.8 Å². The topological polar surface area (TPSA) is 70.2 Å². The van der Waals surface area contributed by atoms with E-state index in [9.17, 15) is 4.79 Å². The zero-order chi connectivity index (χ0) is 22.6. The first-order valence-corrected chi connectivity index (χ1v) is 11.4. The van der Waals surface area contributed by atoms with Crippen LogP contribution in [-0.4, -0.2) is 29.0 Å². The summed E-state index contributed by atoms with van der Waals surface area (Å²) in [5.41, 5.74) is 3.64. The highest BCUT2D eigenvalue weighted by Crippen LogP contribution is 2.23. The van der Waals surface area contributed by atoms with E-state index >= 15 is 0 Å². The maximum atomic E-state index is 12.7. The van der Waals surface area contributed by atoms with Crippen LogP contribution in [0.3, 0.4) is 0 Å². The summed E-state index contributed by atoms with van der Waals surface area (Å²) in [4.78, 5) is 24.2. The van der Waals surface area contributed by atoms with Crippen molar-refractivity contribution in [2.45, 2.75) is 26.2 Å². The molecule has 6 heteroatoms. The molecule has 0 bridgehead atoms. The van der Waals surface area contributed by atoms with Crippen LogP contribution in [0.15, 0.2) is 72.8 Å². The van der Waals surface area contributed by atoms with Crippen molar-refractivity contribution in [3.63, 3.8) is 0 Å². The van der Waals surface area contributed by atoms with Gasteiger partial charge in [-0.25, -0.2) is 4.98 Å². The first-order chi connectivity index (χ1) is 16.1. The maximum absolute atomic E-state index is 12.7. The summed E-state index contributed by atoms with van der Waals surface area (Å²) >= 11 is 0. The molecule has 5 rings (SSSR count). The highest BCUT2D eigenvalue weighted by atomic mass is 16.1. The molecule has 0 spiro atoms. The Bertz CT molecular complexity index is 1270. The van der Waals surface area contributed by atoms with Crippen molar-refractivity contribution in [3.05, 3.63) is 84.1 Å². The number of hydrogen-bond donors (Lipinski definition) is 2. The largest absolute Gasteiger partial charge is 0.341 e. The predicted octanol–water partition coefficient (Wildman–Crippen LogP) is 5.46. The lowest BCUT2D eigenvalue weighted by Crippen LogP contribution is -2.21. The summed E-state index contributed by atoms with van der Waals surface area (Å²) in [5, 5.41) is 8.62. The Morgan fingerprint density at radius 2 is 1.64 bits per heavy atom. The van der Waals surface area contributed by atoms with Gasteiger partial charge in [-0.05, 0) is 60.4 Å². The van der Waals surface area contributed by atoms with E-state index < -0.39 is 0 Å². The molecular weight excluding hydrogens is 410 g/mol. The summed E-state index contributed by atoms with van der Waals surface area (Å²) in [5.74, 6) is 1.53. The highest BCUT2D eigenvalue weighted by molar-refractivity contribution is 5.96. The van der Waals surface area contributed by atoms with Crippen LogP contribution in [0.4, 0.5) is 23.1 Å². The Balaban J connectivity index is 1.24. The lowest BCUT2D eigenvalue weighted by atomic mass is 10.0. The number of benzene rings is 3. The molecule has 1 aliphatic rings. The van der Waals surface area contributed by atoms with E-state index in [1.54, 1.807) is 0 Å². The number of carbonyl (C=O) groups excluding carboxylic acids is 1. The van der Waals surface area contributed by atoms with Gasteiger partial charge in [-0.15, -0.1) is 0 Å². The first-order valence-electron chi connectivity index (χ1n) is 11.4. The molecule has 166 valence electrons. The molecule has 1 fully saturated rings. The average Bonchev–Trinajstić information content (AvgIpc) is 3.35. The van der Waals surface area contributed by atoms with Crippen LogP contribution in [0.25, 0.3) is 10.8 Å². The average molecular weight is 438 g/mol. The normalized spacial score (nSPS) is 13.3. The SMILES string of the molecule is Cc1cc(Nc2ccc(NC(=O)Cc3cccc4ccccc34)cc2)nc(N2CCCC2)n1. The molecule has 0 saturated carbocycles. The molecular formula is C27H27N5O. The van der Waals surface area contributed by atoms with Crippen molar-refractivity contribution in [3.8, 4) is 0 Å². The van der Waals surface area contributed by atoms with Crippen molar-refractivity contribution in [1.29, 1.82) is 0 Å². The molecule has 1 aromatic heterocycles. The lowest BCUT2D eigenvalue weighted by molar-refractivity contribution is -0.115. The van der Waals surface area contributed by atoms with Crippen molar-refractivity contribution in [2.75, 3.05) is 28.6 Å². The van der Waals surface area contributed by atoms with E-state index in [-0.39, 0.29) is 5.91 Å². The van der Waals surface area contributed by atoms with E-state index in [4.69, 9.17) is 0 Å². The van der Waals surface area contributed by atoms with Crippen LogP contribution >= 0.6 is 0 Å². The Hall–Kier alpha value is -3.93. The van der Waals surface area contributed by atoms with Gasteiger partial charge in [-0.2, -0.15) is 4.98 Å². The molecule has 1 amide bonds. The van der Waals surface area contributed by atoms with Crippen molar-refractivity contribution in [2.24, 2.45) is 0 Å². The van der Waals surface area contributed by atoms with Crippen LogP contribution in [0.2, 0.25) is 0 Å². The second-order valence-corrected chi connectivity index (χ2v) is 8.45. The summed E-state index contributed by atoms with van der Waals surface area (Å²) < 4.78 is 0. The van der Waals surface area contributed by atoms with E-state index in [0.29, 0.717) is 6.42 Å². The standard InChI is InChI=1S/C27H27N5O/c1-19-17-25(31-27(28-19)32-15-4-5-16-32)29-22-11-13-23(14-12-22)30-26(33)18-21-9-6-8-20-7-2-3-10-24(20)21/h2-3,6-14,17H,4-5,15-16,18H2,1H3,(H,30,33)(H,28,29,31). The molecule has 2 heterocycles. The van der Waals surface area contributed by atoms with Gasteiger partial charge >= 0.3 is 0 Å². The Kier molecular flexibility index (Phi) is 5.89. The van der Waals surface area contributed by atoms with Crippen molar-refractivity contribution in [1.82, 2.24) is 9.97 Å². The smallest absolute Gasteiger partial charge is 0.228 e. The lowest BCUT2D eigenvalue weighted by Gasteiger charge is -2.17. The van der Waals surface area contributed by atoms with Crippen LogP contribution in [0, 0.1) is 6.92 Å². The van der Waals surface area contributed by atoms with Gasteiger partial charge in [0, 0.05) is 36.2 Å². The minimum atomic E-state index is -0.0336. The number of aromatic nitrogens is 2.